The van der Waals surface area contributed by atoms with Gasteiger partial charge in [0.05, 0.1) is 32.3 Å². The molecule has 0 saturated carbocycles. The number of quaternary nitrogens is 1. The van der Waals surface area contributed by atoms with Gasteiger partial charge in [0.1, 0.15) is 11.5 Å². The Bertz CT molecular complexity index is 911. The second-order valence-corrected chi connectivity index (χ2v) is 7.28. The monoisotopic (exact) mass is 367 g/mol. The molecule has 3 aromatic rings. The second kappa shape index (κ2) is 8.27. The molecule has 5 heteroatoms. The van der Waals surface area contributed by atoms with Crippen molar-refractivity contribution in [2.24, 2.45) is 0 Å². The predicted molar refractivity (Wildman–Crippen MR) is 107 cm³/mol. The van der Waals surface area contributed by atoms with Crippen LogP contribution in [0.15, 0.2) is 48.7 Å². The van der Waals surface area contributed by atoms with Crippen LogP contribution in [0.3, 0.4) is 0 Å². The molecule has 0 aliphatic carbocycles. The summed E-state index contributed by atoms with van der Waals surface area (Å²) >= 11 is 0. The summed E-state index contributed by atoms with van der Waals surface area (Å²) in [6.07, 6.45) is 3.01. The zero-order valence-corrected chi connectivity index (χ0v) is 16.3. The number of carbonyl (C=O) groups is 1. The smallest absolute Gasteiger partial charge is 0.343 e. The van der Waals surface area contributed by atoms with Gasteiger partial charge < -0.3 is 19.4 Å². The standard InChI is InChI=1S/C22H26N2O3/c1-15(2)26-18-10-8-16(9-11-18)22(25)27-20-7-5-6-19-21(20)17(14-23-19)12-13-24(3)4/h5-11,14-15,23H,12-13H2,1-4H3/p+1. The number of rotatable bonds is 7. The fourth-order valence-electron chi connectivity index (χ4n) is 2.99. The predicted octanol–water partition coefficient (Wildman–Crippen LogP) is 2.86. The maximum atomic E-state index is 12.6. The molecule has 142 valence electrons. The average Bonchev–Trinajstić information content (AvgIpc) is 3.04. The van der Waals surface area contributed by atoms with Crippen LogP contribution in [0, 0.1) is 0 Å². The van der Waals surface area contributed by atoms with E-state index in [-0.39, 0.29) is 12.1 Å². The Kier molecular flexibility index (Phi) is 5.81. The summed E-state index contributed by atoms with van der Waals surface area (Å²) in [5, 5.41) is 0.979. The van der Waals surface area contributed by atoms with Crippen molar-refractivity contribution in [2.45, 2.75) is 26.4 Å². The number of hydrogen-bond acceptors (Lipinski definition) is 3. The molecule has 27 heavy (non-hydrogen) atoms. The number of ether oxygens (including phenoxy) is 2. The van der Waals surface area contributed by atoms with Crippen molar-refractivity contribution in [1.82, 2.24) is 4.98 Å². The fourth-order valence-corrected chi connectivity index (χ4v) is 2.99. The Hall–Kier alpha value is -2.79. The molecule has 0 aliphatic heterocycles. The Balaban J connectivity index is 1.81. The lowest BCUT2D eigenvalue weighted by molar-refractivity contribution is -0.858. The van der Waals surface area contributed by atoms with Gasteiger partial charge in [-0.15, -0.1) is 0 Å². The van der Waals surface area contributed by atoms with E-state index in [0.717, 1.165) is 35.2 Å². The first-order chi connectivity index (χ1) is 12.9. The maximum Gasteiger partial charge on any atom is 0.343 e. The number of esters is 1. The van der Waals surface area contributed by atoms with Crippen molar-refractivity contribution >= 4 is 16.9 Å². The Morgan fingerprint density at radius 3 is 2.52 bits per heavy atom. The highest BCUT2D eigenvalue weighted by Crippen LogP contribution is 2.29. The minimum absolute atomic E-state index is 0.0939. The molecule has 0 fully saturated rings. The van der Waals surface area contributed by atoms with Gasteiger partial charge in [0, 0.05) is 23.5 Å². The minimum Gasteiger partial charge on any atom is -0.491 e. The van der Waals surface area contributed by atoms with Crippen molar-refractivity contribution in [3.8, 4) is 11.5 Å². The van der Waals surface area contributed by atoms with Gasteiger partial charge in [-0.1, -0.05) is 6.07 Å². The Labute approximate surface area is 159 Å². The molecule has 3 rings (SSSR count). The lowest BCUT2D eigenvalue weighted by Crippen LogP contribution is -3.05. The molecule has 0 amide bonds. The first kappa shape index (κ1) is 19.0. The molecule has 0 atom stereocenters. The first-order valence-electron chi connectivity index (χ1n) is 9.31. The van der Waals surface area contributed by atoms with Crippen LogP contribution in [0.25, 0.3) is 10.9 Å². The van der Waals surface area contributed by atoms with Gasteiger partial charge in [-0.25, -0.2) is 4.79 Å². The van der Waals surface area contributed by atoms with Gasteiger partial charge in [0.25, 0.3) is 0 Å². The van der Waals surface area contributed by atoms with Crippen LogP contribution < -0.4 is 14.4 Å². The minimum atomic E-state index is -0.371. The van der Waals surface area contributed by atoms with Crippen LogP contribution in [0.1, 0.15) is 29.8 Å². The molecular formula is C22H27N2O3+. The van der Waals surface area contributed by atoms with Crippen LogP contribution in [-0.4, -0.2) is 37.7 Å². The molecule has 1 aromatic heterocycles. The SMILES string of the molecule is CC(C)Oc1ccc(C(=O)Oc2cccc3[nH]cc(CC[NH+](C)C)c23)cc1. The van der Waals surface area contributed by atoms with E-state index in [2.05, 4.69) is 19.1 Å². The molecule has 0 spiro atoms. The number of aromatic nitrogens is 1. The van der Waals surface area contributed by atoms with E-state index in [9.17, 15) is 4.79 Å². The summed E-state index contributed by atoms with van der Waals surface area (Å²) in [5.74, 6) is 0.955. The summed E-state index contributed by atoms with van der Waals surface area (Å²) < 4.78 is 11.4. The Morgan fingerprint density at radius 1 is 1.11 bits per heavy atom. The van der Waals surface area contributed by atoms with Gasteiger partial charge >= 0.3 is 5.97 Å². The molecular weight excluding hydrogens is 340 g/mol. The number of carbonyl (C=O) groups excluding carboxylic acids is 1. The number of benzene rings is 2. The van der Waals surface area contributed by atoms with Crippen molar-refractivity contribution in [1.29, 1.82) is 0 Å². The van der Waals surface area contributed by atoms with Crippen molar-refractivity contribution < 1.29 is 19.2 Å². The molecule has 0 saturated heterocycles. The Morgan fingerprint density at radius 2 is 1.85 bits per heavy atom. The number of H-pyrrole nitrogens is 1. The molecule has 2 N–H and O–H groups in total. The third kappa shape index (κ3) is 4.68. The van der Waals surface area contributed by atoms with E-state index in [0.29, 0.717) is 11.3 Å². The third-order valence-electron chi connectivity index (χ3n) is 4.31. The zero-order valence-electron chi connectivity index (χ0n) is 16.3. The van der Waals surface area contributed by atoms with Crippen molar-refractivity contribution in [3.63, 3.8) is 0 Å². The average molecular weight is 367 g/mol. The highest BCUT2D eigenvalue weighted by molar-refractivity contribution is 5.96. The lowest BCUT2D eigenvalue weighted by atomic mass is 10.1. The van der Waals surface area contributed by atoms with Crippen LogP contribution >= 0.6 is 0 Å². The van der Waals surface area contributed by atoms with Gasteiger partial charge in [0.15, 0.2) is 0 Å². The highest BCUT2D eigenvalue weighted by Gasteiger charge is 2.15. The highest BCUT2D eigenvalue weighted by atomic mass is 16.5. The van der Waals surface area contributed by atoms with Crippen LogP contribution in [0.5, 0.6) is 11.5 Å². The summed E-state index contributed by atoms with van der Waals surface area (Å²) in [4.78, 5) is 17.3. The first-order valence-corrected chi connectivity index (χ1v) is 9.31. The topological polar surface area (TPSA) is 55.8 Å². The van der Waals surface area contributed by atoms with Crippen LogP contribution in [0.2, 0.25) is 0 Å². The summed E-state index contributed by atoms with van der Waals surface area (Å²) in [5.41, 5.74) is 2.64. The molecule has 0 aliphatic rings. The van der Waals surface area contributed by atoms with E-state index in [4.69, 9.17) is 9.47 Å². The molecule has 0 unspecified atom stereocenters. The van der Waals surface area contributed by atoms with E-state index in [1.54, 1.807) is 24.3 Å². The quantitative estimate of drug-likeness (QED) is 0.499. The van der Waals surface area contributed by atoms with Crippen molar-refractivity contribution in [3.05, 3.63) is 59.8 Å². The summed E-state index contributed by atoms with van der Waals surface area (Å²) in [7, 11) is 4.25. The van der Waals surface area contributed by atoms with E-state index >= 15 is 0 Å². The second-order valence-electron chi connectivity index (χ2n) is 7.28. The third-order valence-corrected chi connectivity index (χ3v) is 4.31. The van der Waals surface area contributed by atoms with Crippen LogP contribution in [-0.2, 0) is 6.42 Å². The largest absolute Gasteiger partial charge is 0.491 e. The molecule has 2 aromatic carbocycles. The van der Waals surface area contributed by atoms with Crippen LogP contribution in [0.4, 0.5) is 0 Å². The number of fused-ring (bicyclic) bond motifs is 1. The van der Waals surface area contributed by atoms with E-state index < -0.39 is 0 Å². The van der Waals surface area contributed by atoms with Gasteiger partial charge in [0.2, 0.25) is 0 Å². The fraction of sp³-hybridized carbons (Fsp3) is 0.318. The van der Waals surface area contributed by atoms with Gasteiger partial charge in [-0.3, -0.25) is 0 Å². The zero-order chi connectivity index (χ0) is 19.4. The normalized spacial score (nSPS) is 11.3. The van der Waals surface area contributed by atoms with E-state index in [1.807, 2.05) is 38.2 Å². The molecule has 0 bridgehead atoms. The summed E-state index contributed by atoms with van der Waals surface area (Å²) in [6.45, 7) is 4.94. The molecule has 0 radical (unpaired) electrons. The maximum absolute atomic E-state index is 12.6. The number of aromatic amines is 1. The lowest BCUT2D eigenvalue weighted by Gasteiger charge is -2.11. The number of nitrogens with one attached hydrogen (secondary N) is 2. The molecule has 1 heterocycles. The summed E-state index contributed by atoms with van der Waals surface area (Å²) in [6, 6.07) is 12.8. The van der Waals surface area contributed by atoms with E-state index in [1.165, 1.54) is 4.90 Å². The van der Waals surface area contributed by atoms with Crippen molar-refractivity contribution in [2.75, 3.05) is 20.6 Å². The number of likely N-dealkylation sites (N-methyl/N-ethyl adjacent to an activating group) is 1. The van der Waals surface area contributed by atoms with Gasteiger partial charge in [-0.2, -0.15) is 0 Å². The molecule has 5 nitrogen and oxygen atoms in total. The number of hydrogen-bond donors (Lipinski definition) is 2. The van der Waals surface area contributed by atoms with Gasteiger partial charge in [-0.05, 0) is 55.8 Å².